The van der Waals surface area contributed by atoms with Gasteiger partial charge in [-0.3, -0.25) is 4.99 Å². The van der Waals surface area contributed by atoms with Crippen LogP contribution in [0.3, 0.4) is 0 Å². The molecule has 4 aromatic rings. The zero-order valence-electron chi connectivity index (χ0n) is 15.0. The molecule has 138 valence electrons. The van der Waals surface area contributed by atoms with Gasteiger partial charge in [0.1, 0.15) is 11.4 Å². The average molecular weight is 407 g/mol. The fourth-order valence-corrected chi connectivity index (χ4v) is 3.30. The minimum Gasteiger partial charge on any atom is -0.294 e. The molecule has 0 atom stereocenters. The van der Waals surface area contributed by atoms with E-state index in [9.17, 15) is 0 Å². The number of hydrogen-bond donors (Lipinski definition) is 1. The van der Waals surface area contributed by atoms with Crippen molar-refractivity contribution < 1.29 is 0 Å². The van der Waals surface area contributed by atoms with Crippen molar-refractivity contribution in [2.24, 2.45) is 4.99 Å². The number of nitrogens with zero attached hydrogens (tertiary/aromatic N) is 3. The zero-order chi connectivity index (χ0) is 19.5. The van der Waals surface area contributed by atoms with E-state index in [4.69, 9.17) is 23.2 Å². The van der Waals surface area contributed by atoms with E-state index in [0.29, 0.717) is 15.7 Å². The minimum atomic E-state index is 0.692. The summed E-state index contributed by atoms with van der Waals surface area (Å²) in [6.45, 7) is 0. The Kier molecular flexibility index (Phi) is 5.24. The summed E-state index contributed by atoms with van der Waals surface area (Å²) in [6.07, 6.45) is 1.69. The van der Waals surface area contributed by atoms with E-state index < -0.39 is 0 Å². The number of rotatable bonds is 4. The molecule has 0 aliphatic rings. The Morgan fingerprint density at radius 3 is 1.71 bits per heavy atom. The Bertz CT molecular complexity index is 1070. The molecule has 0 fully saturated rings. The Hall–Kier alpha value is -2.95. The van der Waals surface area contributed by atoms with Crippen molar-refractivity contribution in [1.82, 2.24) is 15.4 Å². The molecule has 0 aliphatic heterocycles. The predicted octanol–water partition coefficient (Wildman–Crippen LogP) is 6.16. The second-order valence-corrected chi connectivity index (χ2v) is 7.13. The molecule has 0 saturated heterocycles. The molecule has 1 N–H and O–H groups in total. The van der Waals surface area contributed by atoms with Crippen LogP contribution < -0.4 is 0 Å². The molecule has 0 aliphatic carbocycles. The van der Waals surface area contributed by atoms with Crippen molar-refractivity contribution in [3.05, 3.63) is 82.5 Å². The van der Waals surface area contributed by atoms with Crippen LogP contribution in [-0.4, -0.2) is 28.7 Å². The van der Waals surface area contributed by atoms with Gasteiger partial charge in [-0.1, -0.05) is 47.5 Å². The SMILES string of the molecule is CN=Cc1n[nH]nc1-c1cc(-c2ccc(Cl)cc2)cc(-c2ccc(Cl)cc2)c1. The van der Waals surface area contributed by atoms with Crippen molar-refractivity contribution in [2.45, 2.75) is 0 Å². The maximum absolute atomic E-state index is 6.06. The van der Waals surface area contributed by atoms with Gasteiger partial charge in [0.15, 0.2) is 0 Å². The number of hydrogen-bond acceptors (Lipinski definition) is 3. The molecule has 1 aromatic heterocycles. The summed E-state index contributed by atoms with van der Waals surface area (Å²) in [5, 5.41) is 12.6. The van der Waals surface area contributed by atoms with Gasteiger partial charge in [-0.25, -0.2) is 0 Å². The topological polar surface area (TPSA) is 53.9 Å². The summed E-state index contributed by atoms with van der Waals surface area (Å²) in [6, 6.07) is 21.9. The smallest absolute Gasteiger partial charge is 0.131 e. The third-order valence-corrected chi connectivity index (χ3v) is 4.89. The summed E-state index contributed by atoms with van der Waals surface area (Å²) in [4.78, 5) is 4.07. The van der Waals surface area contributed by atoms with Gasteiger partial charge < -0.3 is 0 Å². The molecule has 0 amide bonds. The molecule has 0 spiro atoms. The van der Waals surface area contributed by atoms with E-state index in [1.165, 1.54) is 0 Å². The molecule has 4 rings (SSSR count). The van der Waals surface area contributed by atoms with E-state index in [0.717, 1.165) is 33.5 Å². The van der Waals surface area contributed by atoms with Crippen LogP contribution in [0, 0.1) is 0 Å². The van der Waals surface area contributed by atoms with Gasteiger partial charge in [-0.15, -0.1) is 0 Å². The van der Waals surface area contributed by atoms with E-state index in [2.05, 4.69) is 38.6 Å². The van der Waals surface area contributed by atoms with Gasteiger partial charge in [0, 0.05) is 22.7 Å². The highest BCUT2D eigenvalue weighted by molar-refractivity contribution is 6.30. The zero-order valence-corrected chi connectivity index (χ0v) is 16.5. The van der Waals surface area contributed by atoms with Gasteiger partial charge in [-0.2, -0.15) is 15.4 Å². The van der Waals surface area contributed by atoms with Crippen molar-refractivity contribution >= 4 is 29.4 Å². The lowest BCUT2D eigenvalue weighted by Gasteiger charge is -2.10. The molecule has 6 heteroatoms. The van der Waals surface area contributed by atoms with E-state index in [1.807, 2.05) is 48.5 Å². The quantitative estimate of drug-likeness (QED) is 0.412. The number of nitrogens with one attached hydrogen (secondary N) is 1. The molecular weight excluding hydrogens is 391 g/mol. The minimum absolute atomic E-state index is 0.692. The fourth-order valence-electron chi connectivity index (χ4n) is 3.05. The number of aromatic nitrogens is 3. The molecule has 0 saturated carbocycles. The van der Waals surface area contributed by atoms with Crippen LogP contribution in [0.15, 0.2) is 71.7 Å². The first-order valence-electron chi connectivity index (χ1n) is 8.64. The van der Waals surface area contributed by atoms with Crippen LogP contribution in [-0.2, 0) is 0 Å². The fraction of sp³-hybridized carbons (Fsp3) is 0.0455. The highest BCUT2D eigenvalue weighted by Crippen LogP contribution is 2.33. The Labute approximate surface area is 172 Å². The summed E-state index contributed by atoms with van der Waals surface area (Å²) in [7, 11) is 1.71. The molecule has 4 nitrogen and oxygen atoms in total. The molecule has 3 aromatic carbocycles. The lowest BCUT2D eigenvalue weighted by atomic mass is 9.94. The maximum atomic E-state index is 6.06. The summed E-state index contributed by atoms with van der Waals surface area (Å²) < 4.78 is 0. The van der Waals surface area contributed by atoms with Gasteiger partial charge >= 0.3 is 0 Å². The Morgan fingerprint density at radius 1 is 0.714 bits per heavy atom. The first kappa shape index (κ1) is 18.4. The Balaban J connectivity index is 1.91. The van der Waals surface area contributed by atoms with Gasteiger partial charge in [0.2, 0.25) is 0 Å². The normalized spacial score (nSPS) is 11.2. The van der Waals surface area contributed by atoms with Crippen LogP contribution in [0.25, 0.3) is 33.5 Å². The third-order valence-electron chi connectivity index (χ3n) is 4.39. The number of aromatic amines is 1. The van der Waals surface area contributed by atoms with Crippen LogP contribution in [0.1, 0.15) is 5.69 Å². The Morgan fingerprint density at radius 2 is 1.21 bits per heavy atom. The van der Waals surface area contributed by atoms with Gasteiger partial charge in [-0.05, 0) is 64.7 Å². The third kappa shape index (κ3) is 3.84. The van der Waals surface area contributed by atoms with Crippen molar-refractivity contribution in [3.63, 3.8) is 0 Å². The highest BCUT2D eigenvalue weighted by atomic mass is 35.5. The lowest BCUT2D eigenvalue weighted by molar-refractivity contribution is 0.940. The number of aliphatic imine (C=N–C) groups is 1. The van der Waals surface area contributed by atoms with Crippen molar-refractivity contribution in [3.8, 4) is 33.5 Å². The van der Waals surface area contributed by atoms with Crippen LogP contribution in [0.2, 0.25) is 10.0 Å². The molecule has 0 unspecified atom stereocenters. The molecule has 0 radical (unpaired) electrons. The van der Waals surface area contributed by atoms with E-state index in [1.54, 1.807) is 13.3 Å². The average Bonchev–Trinajstić information content (AvgIpc) is 3.17. The number of benzene rings is 3. The second kappa shape index (κ2) is 7.97. The molecule has 1 heterocycles. The van der Waals surface area contributed by atoms with E-state index >= 15 is 0 Å². The summed E-state index contributed by atoms with van der Waals surface area (Å²) in [5.74, 6) is 0. The lowest BCUT2D eigenvalue weighted by Crippen LogP contribution is -1.90. The van der Waals surface area contributed by atoms with Crippen molar-refractivity contribution in [2.75, 3.05) is 7.05 Å². The summed E-state index contributed by atoms with van der Waals surface area (Å²) >= 11 is 12.1. The first-order valence-corrected chi connectivity index (χ1v) is 9.40. The highest BCUT2D eigenvalue weighted by Gasteiger charge is 2.13. The van der Waals surface area contributed by atoms with Crippen molar-refractivity contribution in [1.29, 1.82) is 0 Å². The molecule has 0 bridgehead atoms. The monoisotopic (exact) mass is 406 g/mol. The van der Waals surface area contributed by atoms with Crippen LogP contribution in [0.4, 0.5) is 0 Å². The van der Waals surface area contributed by atoms with Crippen LogP contribution in [0.5, 0.6) is 0 Å². The van der Waals surface area contributed by atoms with E-state index in [-0.39, 0.29) is 0 Å². The molecular formula is C22H16Cl2N4. The molecule has 28 heavy (non-hydrogen) atoms. The standard InChI is InChI=1S/C22H16Cl2N4/c1-25-13-21-22(27-28-26-21)18-11-16(14-2-6-19(23)7-3-14)10-17(12-18)15-4-8-20(24)9-5-15/h2-13H,1H3,(H,26,27,28). The summed E-state index contributed by atoms with van der Waals surface area (Å²) in [5.41, 5.74) is 6.63. The predicted molar refractivity (Wildman–Crippen MR) is 116 cm³/mol. The number of halogens is 2. The van der Waals surface area contributed by atoms with Crippen LogP contribution >= 0.6 is 23.2 Å². The largest absolute Gasteiger partial charge is 0.294 e. The first-order chi connectivity index (χ1) is 13.6. The second-order valence-electron chi connectivity index (χ2n) is 6.26. The van der Waals surface area contributed by atoms with Gasteiger partial charge in [0.05, 0.1) is 6.21 Å². The maximum Gasteiger partial charge on any atom is 0.131 e. The van der Waals surface area contributed by atoms with Gasteiger partial charge in [0.25, 0.3) is 0 Å². The number of H-pyrrole nitrogens is 1.